The van der Waals surface area contributed by atoms with Crippen molar-refractivity contribution >= 4 is 53.9 Å². The minimum absolute atomic E-state index is 0.589. The molecule has 0 aromatic heterocycles. The van der Waals surface area contributed by atoms with Gasteiger partial charge in [-0.15, -0.1) is 0 Å². The summed E-state index contributed by atoms with van der Waals surface area (Å²) in [5.74, 6) is 2.36. The van der Waals surface area contributed by atoms with Gasteiger partial charge in [-0.05, 0) is 248 Å². The van der Waals surface area contributed by atoms with E-state index in [2.05, 4.69) is 351 Å². The third-order valence-corrected chi connectivity index (χ3v) is 15.4. The van der Waals surface area contributed by atoms with Crippen molar-refractivity contribution < 1.29 is 0 Å². The van der Waals surface area contributed by atoms with Crippen LogP contribution in [0.3, 0.4) is 0 Å². The Hall–Kier alpha value is -6.74. The molecule has 0 saturated carbocycles. The molecule has 0 unspecified atom stereocenters. The predicted molar refractivity (Wildman–Crippen MR) is 380 cm³/mol. The number of rotatable bonds is 16. The molecule has 10 aromatic rings. The predicted octanol–water partition coefficient (Wildman–Crippen LogP) is 19.1. The summed E-state index contributed by atoms with van der Waals surface area (Å²) in [7, 11) is 25.2. The zero-order chi connectivity index (χ0) is 62.8. The van der Waals surface area contributed by atoms with Crippen LogP contribution in [0.2, 0.25) is 0 Å². The average Bonchev–Trinajstić information content (AvgIpc) is 3.65. The van der Waals surface area contributed by atoms with E-state index in [1.807, 2.05) is 0 Å². The molecular formula is C80H106N6. The highest BCUT2D eigenvalue weighted by Gasteiger charge is 2.12. The first-order valence-electron chi connectivity index (χ1n) is 31.3. The Morgan fingerprint density at radius 3 is 0.837 bits per heavy atom. The molecule has 86 heavy (non-hydrogen) atoms. The van der Waals surface area contributed by atoms with Crippen molar-refractivity contribution in [2.24, 2.45) is 0 Å². The van der Waals surface area contributed by atoms with E-state index in [-0.39, 0.29) is 0 Å². The van der Waals surface area contributed by atoms with Gasteiger partial charge < -0.3 is 29.4 Å². The molecule has 0 saturated heterocycles. The zero-order valence-electron chi connectivity index (χ0n) is 56.6. The number of hydrogen-bond donors (Lipinski definition) is 0. The van der Waals surface area contributed by atoms with Gasteiger partial charge in [0.05, 0.1) is 0 Å². The van der Waals surface area contributed by atoms with Gasteiger partial charge in [-0.3, -0.25) is 0 Å². The van der Waals surface area contributed by atoms with Gasteiger partial charge in [0.1, 0.15) is 0 Å². The molecule has 0 atom stereocenters. The summed E-state index contributed by atoms with van der Waals surface area (Å²) in [6.45, 7) is 24.0. The van der Waals surface area contributed by atoms with Crippen molar-refractivity contribution in [3.63, 3.8) is 0 Å². The van der Waals surface area contributed by atoms with Gasteiger partial charge in [-0.1, -0.05) is 207 Å². The van der Waals surface area contributed by atoms with Crippen LogP contribution in [0.4, 0.5) is 0 Å². The van der Waals surface area contributed by atoms with Gasteiger partial charge in [-0.25, -0.2) is 0 Å². The molecule has 10 rings (SSSR count). The lowest BCUT2D eigenvalue weighted by atomic mass is 9.89. The second-order valence-electron chi connectivity index (χ2n) is 26.6. The van der Waals surface area contributed by atoms with E-state index < -0.39 is 0 Å². The van der Waals surface area contributed by atoms with Crippen molar-refractivity contribution in [1.82, 2.24) is 29.4 Å². The van der Waals surface area contributed by atoms with Crippen molar-refractivity contribution in [1.29, 1.82) is 0 Å². The van der Waals surface area contributed by atoms with Gasteiger partial charge in [0.2, 0.25) is 0 Å². The molecule has 0 aliphatic heterocycles. The first kappa shape index (κ1) is 68.4. The van der Waals surface area contributed by atoms with Crippen LogP contribution in [-0.2, 0) is 39.3 Å². The van der Waals surface area contributed by atoms with Crippen LogP contribution in [0.5, 0.6) is 0 Å². The van der Waals surface area contributed by atoms with E-state index in [4.69, 9.17) is 0 Å². The van der Waals surface area contributed by atoms with Gasteiger partial charge >= 0.3 is 0 Å². The second kappa shape index (κ2) is 32.8. The Morgan fingerprint density at radius 2 is 0.500 bits per heavy atom. The van der Waals surface area contributed by atoms with E-state index >= 15 is 0 Å². The molecule has 0 heterocycles. The molecule has 10 aromatic carbocycles. The van der Waals surface area contributed by atoms with Crippen LogP contribution < -0.4 is 0 Å². The lowest BCUT2D eigenvalue weighted by Gasteiger charge is -2.15. The van der Waals surface area contributed by atoms with Crippen molar-refractivity contribution in [2.75, 3.05) is 84.6 Å². The fourth-order valence-corrected chi connectivity index (χ4v) is 11.6. The molecule has 0 bridgehead atoms. The van der Waals surface area contributed by atoms with Crippen LogP contribution in [0.25, 0.3) is 53.9 Å². The molecule has 0 radical (unpaired) electrons. The fraction of sp³-hybridized carbons (Fsp3) is 0.375. The molecule has 0 amide bonds. The standard InChI is InChI=1S/3C16H22N2.2C16H20/c1-17(2)11-13-5-7-16-10-14(12-18(3)4)6-8-15(16)9-13;1-17(2)11-13-5-7-15-8-6-14(12-18(3)4)10-16(15)9-13;1-17(2)11-13-8-9-16-14(10-13)6-5-7-15(16)12-18(3)4;1-11(2)13-7-5-10-16-14(12(3)4)8-6-9-15(13)16;1-11(2)13-9-10-14(12(3)4)16-8-6-5-7-15(13)16/h3*5-10H,11-12H2,1-4H3;2*5-12H,1-4H3. The first-order valence-corrected chi connectivity index (χ1v) is 31.3. The van der Waals surface area contributed by atoms with Crippen LogP contribution in [-0.4, -0.2) is 114 Å². The van der Waals surface area contributed by atoms with E-state index in [0.717, 1.165) is 39.3 Å². The number of nitrogens with zero attached hydrogens (tertiary/aromatic N) is 6. The number of benzene rings is 10. The smallest absolute Gasteiger partial charge is 0.0233 e. The molecule has 0 spiro atoms. The summed E-state index contributed by atoms with van der Waals surface area (Å²) in [4.78, 5) is 13.2. The van der Waals surface area contributed by atoms with Gasteiger partial charge in [0.15, 0.2) is 0 Å². The molecule has 0 fully saturated rings. The highest BCUT2D eigenvalue weighted by molar-refractivity contribution is 5.91. The number of hydrogen-bond acceptors (Lipinski definition) is 6. The minimum atomic E-state index is 0.589. The summed E-state index contributed by atoms with van der Waals surface area (Å²) < 4.78 is 0. The zero-order valence-corrected chi connectivity index (χ0v) is 56.6. The van der Waals surface area contributed by atoms with Crippen molar-refractivity contribution in [3.8, 4) is 0 Å². The highest BCUT2D eigenvalue weighted by Crippen LogP contribution is 2.33. The maximum absolute atomic E-state index is 2.30. The molecule has 0 aliphatic carbocycles. The Bertz CT molecular complexity index is 3450. The van der Waals surface area contributed by atoms with Gasteiger partial charge in [0.25, 0.3) is 0 Å². The molecule has 456 valence electrons. The SMILES string of the molecule is CC(C)c1ccc(C(C)C)c2ccccc12.CC(C)c1cccc2c(C(C)C)cccc12.CN(C)Cc1ccc2c(CN(C)C)cccc2c1.CN(C)Cc1ccc2cc(CN(C)C)ccc2c1.CN(C)Cc1ccc2ccc(CN(C)C)cc2c1. The first-order chi connectivity index (χ1) is 40.9. The summed E-state index contributed by atoms with van der Waals surface area (Å²) in [6.07, 6.45) is 0. The summed E-state index contributed by atoms with van der Waals surface area (Å²) in [6, 6.07) is 67.0. The second-order valence-corrected chi connectivity index (χ2v) is 26.6. The summed E-state index contributed by atoms with van der Waals surface area (Å²) >= 11 is 0. The third-order valence-electron chi connectivity index (χ3n) is 15.4. The number of fused-ring (bicyclic) bond motifs is 5. The Balaban J connectivity index is 0.000000172. The maximum atomic E-state index is 2.30. The quantitative estimate of drug-likeness (QED) is 0.0953. The van der Waals surface area contributed by atoms with Gasteiger partial charge in [0, 0.05) is 39.3 Å². The van der Waals surface area contributed by atoms with E-state index in [1.165, 1.54) is 109 Å². The molecule has 6 heteroatoms. The molecule has 6 nitrogen and oxygen atoms in total. The summed E-state index contributed by atoms with van der Waals surface area (Å²) in [5.41, 5.74) is 14.1. The Morgan fingerprint density at radius 1 is 0.221 bits per heavy atom. The average molecular weight is 1150 g/mol. The van der Waals surface area contributed by atoms with Crippen molar-refractivity contribution in [2.45, 2.75) is 118 Å². The van der Waals surface area contributed by atoms with E-state index in [9.17, 15) is 0 Å². The Labute approximate surface area is 521 Å². The largest absolute Gasteiger partial charge is 0.305 e. The minimum Gasteiger partial charge on any atom is -0.305 e. The highest BCUT2D eigenvalue weighted by atomic mass is 15.1. The van der Waals surface area contributed by atoms with Crippen LogP contribution >= 0.6 is 0 Å². The molecular weight excluding hydrogens is 1040 g/mol. The van der Waals surface area contributed by atoms with E-state index in [1.54, 1.807) is 0 Å². The Kier molecular flexibility index (Phi) is 26.1. The normalized spacial score (nSPS) is 11.7. The lowest BCUT2D eigenvalue weighted by Crippen LogP contribution is -2.11. The van der Waals surface area contributed by atoms with Crippen LogP contribution in [0, 0.1) is 0 Å². The third kappa shape index (κ3) is 20.4. The lowest BCUT2D eigenvalue weighted by molar-refractivity contribution is 0.402. The molecule has 0 aliphatic rings. The monoisotopic (exact) mass is 1150 g/mol. The van der Waals surface area contributed by atoms with Gasteiger partial charge in [-0.2, -0.15) is 0 Å². The van der Waals surface area contributed by atoms with Crippen LogP contribution in [0.15, 0.2) is 182 Å². The van der Waals surface area contributed by atoms with Crippen LogP contribution in [0.1, 0.15) is 135 Å². The van der Waals surface area contributed by atoms with Crippen molar-refractivity contribution in [3.05, 3.63) is 238 Å². The van der Waals surface area contributed by atoms with E-state index in [0.29, 0.717) is 23.7 Å². The summed E-state index contributed by atoms with van der Waals surface area (Å²) in [5, 5.41) is 13.7. The fourth-order valence-electron chi connectivity index (χ4n) is 11.6. The maximum Gasteiger partial charge on any atom is 0.0233 e. The topological polar surface area (TPSA) is 19.4 Å². The molecule has 0 N–H and O–H groups in total.